The van der Waals surface area contributed by atoms with Crippen molar-refractivity contribution < 1.29 is 9.59 Å². The van der Waals surface area contributed by atoms with Gasteiger partial charge in [-0.15, -0.1) is 0 Å². The molecule has 15 heavy (non-hydrogen) atoms. The molecular formula is C11H20N2O2. The Morgan fingerprint density at radius 1 is 1.20 bits per heavy atom. The largest absolute Gasteiger partial charge is 0.338 e. The average molecular weight is 212 g/mol. The van der Waals surface area contributed by atoms with Crippen LogP contribution >= 0.6 is 0 Å². The van der Waals surface area contributed by atoms with E-state index >= 15 is 0 Å². The van der Waals surface area contributed by atoms with Gasteiger partial charge in [0.2, 0.25) is 0 Å². The number of amides is 2. The zero-order valence-electron chi connectivity index (χ0n) is 9.51. The topological polar surface area (TPSA) is 58.2 Å². The lowest BCUT2D eigenvalue weighted by atomic mass is 9.84. The van der Waals surface area contributed by atoms with Gasteiger partial charge in [0.1, 0.15) is 5.78 Å². The number of nitrogens with one attached hydrogen (secondary N) is 2. The number of rotatable bonds is 3. The molecule has 0 bridgehead atoms. The number of Topliss-reactive ketones (excluding diaryl/α,β-unsaturated/α-hetero) is 1. The van der Waals surface area contributed by atoms with E-state index in [1.54, 1.807) is 6.92 Å². The Morgan fingerprint density at radius 3 is 2.27 bits per heavy atom. The Balaban J connectivity index is 2.25. The first-order valence-electron chi connectivity index (χ1n) is 5.68. The third kappa shape index (κ3) is 3.90. The molecule has 2 N–H and O–H groups in total. The first kappa shape index (κ1) is 12.0. The molecular weight excluding hydrogens is 192 g/mol. The zero-order valence-corrected chi connectivity index (χ0v) is 9.51. The summed E-state index contributed by atoms with van der Waals surface area (Å²) in [4.78, 5) is 22.4. The molecule has 86 valence electrons. The van der Waals surface area contributed by atoms with Crippen molar-refractivity contribution in [2.24, 2.45) is 5.92 Å². The Morgan fingerprint density at radius 2 is 1.80 bits per heavy atom. The molecule has 1 aliphatic rings. The highest BCUT2D eigenvalue weighted by Gasteiger charge is 2.24. The van der Waals surface area contributed by atoms with Crippen molar-refractivity contribution in [3.8, 4) is 0 Å². The molecule has 0 aromatic heterocycles. The molecule has 0 atom stereocenters. The van der Waals surface area contributed by atoms with Gasteiger partial charge in [-0.1, -0.05) is 0 Å². The standard InChI is InChI=1S/C11H20N2O2/c1-3-12-11(15)13-10-6-4-9(5-7-10)8(2)14/h9-10H,3-7H2,1-2H3,(H2,12,13,15)/t9-,10-. The van der Waals surface area contributed by atoms with E-state index in [0.717, 1.165) is 25.7 Å². The minimum atomic E-state index is -0.0937. The lowest BCUT2D eigenvalue weighted by molar-refractivity contribution is -0.121. The highest BCUT2D eigenvalue weighted by atomic mass is 16.2. The van der Waals surface area contributed by atoms with Gasteiger partial charge in [-0.25, -0.2) is 4.79 Å². The van der Waals surface area contributed by atoms with Crippen molar-refractivity contribution in [1.29, 1.82) is 0 Å². The molecule has 4 nitrogen and oxygen atoms in total. The third-order valence-corrected chi connectivity index (χ3v) is 2.97. The Hall–Kier alpha value is -1.06. The summed E-state index contributed by atoms with van der Waals surface area (Å²) in [6.45, 7) is 4.20. The summed E-state index contributed by atoms with van der Waals surface area (Å²) in [6, 6.07) is 0.149. The molecule has 1 saturated carbocycles. The van der Waals surface area contributed by atoms with E-state index in [1.165, 1.54) is 0 Å². The molecule has 0 spiro atoms. The van der Waals surface area contributed by atoms with Gasteiger partial charge in [0.05, 0.1) is 0 Å². The minimum absolute atomic E-state index is 0.0937. The van der Waals surface area contributed by atoms with E-state index in [9.17, 15) is 9.59 Å². The highest BCUT2D eigenvalue weighted by molar-refractivity contribution is 5.78. The number of ketones is 1. The molecule has 1 rings (SSSR count). The number of carbonyl (C=O) groups excluding carboxylic acids is 2. The van der Waals surface area contributed by atoms with Gasteiger partial charge < -0.3 is 10.6 Å². The van der Waals surface area contributed by atoms with Crippen LogP contribution in [0.4, 0.5) is 4.79 Å². The van der Waals surface area contributed by atoms with Crippen LogP contribution in [0.25, 0.3) is 0 Å². The SMILES string of the molecule is CCNC(=O)N[C@H]1CC[C@H](C(C)=O)CC1. The van der Waals surface area contributed by atoms with Crippen LogP contribution in [0.1, 0.15) is 39.5 Å². The van der Waals surface area contributed by atoms with Crippen molar-refractivity contribution in [1.82, 2.24) is 10.6 Å². The van der Waals surface area contributed by atoms with Crippen LogP contribution in [0.5, 0.6) is 0 Å². The first-order valence-corrected chi connectivity index (χ1v) is 5.68. The Labute approximate surface area is 90.8 Å². The summed E-state index contributed by atoms with van der Waals surface area (Å²) in [5.41, 5.74) is 0. The third-order valence-electron chi connectivity index (χ3n) is 2.97. The molecule has 2 amide bonds. The second-order valence-electron chi connectivity index (χ2n) is 4.16. The molecule has 0 saturated heterocycles. The molecule has 0 aromatic carbocycles. The van der Waals surface area contributed by atoms with E-state index in [1.807, 2.05) is 6.92 Å². The van der Waals surface area contributed by atoms with Gasteiger partial charge in [-0.3, -0.25) is 4.79 Å². The summed E-state index contributed by atoms with van der Waals surface area (Å²) >= 11 is 0. The molecule has 0 radical (unpaired) electrons. The van der Waals surface area contributed by atoms with E-state index in [0.29, 0.717) is 6.54 Å². The lowest BCUT2D eigenvalue weighted by Crippen LogP contribution is -2.43. The van der Waals surface area contributed by atoms with Gasteiger partial charge in [-0.05, 0) is 39.5 Å². The van der Waals surface area contributed by atoms with Gasteiger partial charge >= 0.3 is 6.03 Å². The van der Waals surface area contributed by atoms with Gasteiger partial charge in [-0.2, -0.15) is 0 Å². The maximum absolute atomic E-state index is 11.2. The van der Waals surface area contributed by atoms with E-state index in [2.05, 4.69) is 10.6 Å². The predicted octanol–water partition coefficient (Wildman–Crippen LogP) is 1.45. The maximum atomic E-state index is 11.2. The van der Waals surface area contributed by atoms with Crippen LogP contribution in [0.15, 0.2) is 0 Å². The fraction of sp³-hybridized carbons (Fsp3) is 0.818. The number of hydrogen-bond donors (Lipinski definition) is 2. The molecule has 0 aliphatic heterocycles. The van der Waals surface area contributed by atoms with Gasteiger partial charge in [0.25, 0.3) is 0 Å². The minimum Gasteiger partial charge on any atom is -0.338 e. The lowest BCUT2D eigenvalue weighted by Gasteiger charge is -2.27. The summed E-state index contributed by atoms with van der Waals surface area (Å²) in [6.07, 6.45) is 3.65. The van der Waals surface area contributed by atoms with Gasteiger partial charge in [0, 0.05) is 18.5 Å². The van der Waals surface area contributed by atoms with E-state index < -0.39 is 0 Å². The molecule has 0 aromatic rings. The molecule has 0 unspecified atom stereocenters. The smallest absolute Gasteiger partial charge is 0.314 e. The normalized spacial score (nSPS) is 25.7. The van der Waals surface area contributed by atoms with Crippen molar-refractivity contribution >= 4 is 11.8 Å². The average Bonchev–Trinajstić information content (AvgIpc) is 2.18. The van der Waals surface area contributed by atoms with Crippen LogP contribution in [0.3, 0.4) is 0 Å². The van der Waals surface area contributed by atoms with Crippen molar-refractivity contribution in [2.75, 3.05) is 6.54 Å². The van der Waals surface area contributed by atoms with E-state index in [-0.39, 0.29) is 23.8 Å². The van der Waals surface area contributed by atoms with Crippen molar-refractivity contribution in [2.45, 2.75) is 45.6 Å². The number of urea groups is 1. The summed E-state index contributed by atoms with van der Waals surface area (Å²) in [5, 5.41) is 5.63. The first-order chi connectivity index (χ1) is 7.13. The monoisotopic (exact) mass is 212 g/mol. The van der Waals surface area contributed by atoms with E-state index in [4.69, 9.17) is 0 Å². The highest BCUT2D eigenvalue weighted by Crippen LogP contribution is 2.24. The Kier molecular flexibility index (Phi) is 4.59. The van der Waals surface area contributed by atoms with Crippen LogP contribution in [-0.2, 0) is 4.79 Å². The quantitative estimate of drug-likeness (QED) is 0.744. The zero-order chi connectivity index (χ0) is 11.3. The van der Waals surface area contributed by atoms with Crippen LogP contribution in [-0.4, -0.2) is 24.4 Å². The second kappa shape index (κ2) is 5.73. The summed E-state index contributed by atoms with van der Waals surface area (Å²) in [7, 11) is 0. The van der Waals surface area contributed by atoms with Gasteiger partial charge in [0.15, 0.2) is 0 Å². The second-order valence-corrected chi connectivity index (χ2v) is 4.16. The van der Waals surface area contributed by atoms with Crippen molar-refractivity contribution in [3.63, 3.8) is 0 Å². The van der Waals surface area contributed by atoms with Crippen LogP contribution in [0, 0.1) is 5.92 Å². The fourth-order valence-corrected chi connectivity index (χ4v) is 2.04. The summed E-state index contributed by atoms with van der Waals surface area (Å²) < 4.78 is 0. The molecule has 0 heterocycles. The predicted molar refractivity (Wildman–Crippen MR) is 58.6 cm³/mol. The summed E-state index contributed by atoms with van der Waals surface area (Å²) in [5.74, 6) is 0.503. The number of hydrogen-bond acceptors (Lipinski definition) is 2. The van der Waals surface area contributed by atoms with Crippen LogP contribution < -0.4 is 10.6 Å². The number of carbonyl (C=O) groups is 2. The molecule has 1 aliphatic carbocycles. The molecule has 4 heteroatoms. The molecule has 1 fully saturated rings. The van der Waals surface area contributed by atoms with Crippen molar-refractivity contribution in [3.05, 3.63) is 0 Å². The fourth-order valence-electron chi connectivity index (χ4n) is 2.04. The Bertz CT molecular complexity index is 233. The maximum Gasteiger partial charge on any atom is 0.314 e. The van der Waals surface area contributed by atoms with Crippen LogP contribution in [0.2, 0.25) is 0 Å².